The van der Waals surface area contributed by atoms with Crippen LogP contribution in [0.5, 0.6) is 0 Å². The second-order valence-corrected chi connectivity index (χ2v) is 6.71. The van der Waals surface area contributed by atoms with E-state index in [0.29, 0.717) is 13.0 Å². The van der Waals surface area contributed by atoms with E-state index in [1.807, 2.05) is 11.0 Å². The zero-order chi connectivity index (χ0) is 12.3. The molecule has 3 nitrogen and oxygen atoms in total. The summed E-state index contributed by atoms with van der Waals surface area (Å²) in [4.78, 5) is 14.8. The number of nitriles is 1. The van der Waals surface area contributed by atoms with Crippen molar-refractivity contribution in [3.05, 3.63) is 20.8 Å². The third-order valence-corrected chi connectivity index (χ3v) is 4.62. The predicted octanol–water partition coefficient (Wildman–Crippen LogP) is 2.82. The molecule has 0 aliphatic carbocycles. The maximum absolute atomic E-state index is 11.7. The molecule has 90 valence electrons. The zero-order valence-electron chi connectivity index (χ0n) is 9.36. The molecule has 1 aliphatic heterocycles. The Hall–Kier alpha value is -0.860. The van der Waals surface area contributed by atoms with Gasteiger partial charge in [0, 0.05) is 24.4 Å². The maximum atomic E-state index is 11.7. The predicted molar refractivity (Wildman–Crippen MR) is 70.6 cm³/mol. The lowest BCUT2D eigenvalue weighted by Gasteiger charge is -2.29. The van der Waals surface area contributed by atoms with Gasteiger partial charge in [-0.05, 0) is 40.9 Å². The number of halogens is 1. The summed E-state index contributed by atoms with van der Waals surface area (Å²) in [7, 11) is 0. The molecule has 2 heterocycles. The summed E-state index contributed by atoms with van der Waals surface area (Å²) >= 11 is 5.12. The highest BCUT2D eigenvalue weighted by Crippen LogP contribution is 2.23. The number of carbonyl (C=O) groups excluding carboxylic acids is 1. The Morgan fingerprint density at radius 3 is 3.06 bits per heavy atom. The van der Waals surface area contributed by atoms with Crippen LogP contribution in [0, 0.1) is 17.2 Å². The average molecular weight is 313 g/mol. The Kier molecular flexibility index (Phi) is 4.19. The molecule has 1 fully saturated rings. The third-order valence-electron chi connectivity index (χ3n) is 2.94. The quantitative estimate of drug-likeness (QED) is 0.861. The van der Waals surface area contributed by atoms with E-state index in [1.165, 1.54) is 4.88 Å². The monoisotopic (exact) mass is 312 g/mol. The lowest BCUT2D eigenvalue weighted by Crippen LogP contribution is -2.40. The van der Waals surface area contributed by atoms with Crippen LogP contribution in [-0.4, -0.2) is 23.9 Å². The average Bonchev–Trinajstić information content (AvgIpc) is 2.74. The number of rotatable bonds is 3. The van der Waals surface area contributed by atoms with Crippen LogP contribution in [0.2, 0.25) is 0 Å². The van der Waals surface area contributed by atoms with Crippen molar-refractivity contribution in [2.45, 2.75) is 19.3 Å². The molecule has 1 atom stereocenters. The van der Waals surface area contributed by atoms with Crippen LogP contribution >= 0.6 is 27.3 Å². The highest BCUT2D eigenvalue weighted by Gasteiger charge is 2.24. The van der Waals surface area contributed by atoms with Crippen LogP contribution in [-0.2, 0) is 11.2 Å². The van der Waals surface area contributed by atoms with Gasteiger partial charge in [0.2, 0.25) is 5.91 Å². The first-order valence-corrected chi connectivity index (χ1v) is 7.21. The van der Waals surface area contributed by atoms with E-state index in [0.717, 1.165) is 23.2 Å². The minimum Gasteiger partial charge on any atom is -0.341 e. The minimum absolute atomic E-state index is 0.0165. The van der Waals surface area contributed by atoms with Crippen molar-refractivity contribution in [3.8, 4) is 6.07 Å². The summed E-state index contributed by atoms with van der Waals surface area (Å²) in [5, 5.41) is 8.89. The van der Waals surface area contributed by atoms with E-state index >= 15 is 0 Å². The maximum Gasteiger partial charge on any atom is 0.222 e. The van der Waals surface area contributed by atoms with Gasteiger partial charge in [-0.2, -0.15) is 5.26 Å². The molecule has 0 N–H and O–H groups in total. The van der Waals surface area contributed by atoms with Gasteiger partial charge in [-0.3, -0.25) is 4.79 Å². The normalized spacial score (nSPS) is 20.4. The van der Waals surface area contributed by atoms with E-state index in [-0.39, 0.29) is 11.8 Å². The highest BCUT2D eigenvalue weighted by atomic mass is 79.9. The Bertz CT molecular complexity index is 452. The lowest BCUT2D eigenvalue weighted by molar-refractivity contribution is -0.134. The van der Waals surface area contributed by atoms with Crippen molar-refractivity contribution >= 4 is 33.2 Å². The van der Waals surface area contributed by atoms with Crippen LogP contribution in [0.1, 0.15) is 17.7 Å². The SMILES string of the molecule is N#CC1CCC(=O)N(CCc2ccc(Br)s2)C1. The van der Waals surface area contributed by atoms with Gasteiger partial charge in [0.15, 0.2) is 0 Å². The Labute approximate surface area is 113 Å². The summed E-state index contributed by atoms with van der Waals surface area (Å²) in [6, 6.07) is 6.36. The number of thiophene rings is 1. The molecule has 0 aromatic carbocycles. The molecule has 0 spiro atoms. The number of nitrogens with zero attached hydrogens (tertiary/aromatic N) is 2. The van der Waals surface area contributed by atoms with Gasteiger partial charge in [-0.1, -0.05) is 0 Å². The van der Waals surface area contributed by atoms with Crippen molar-refractivity contribution in [3.63, 3.8) is 0 Å². The molecule has 17 heavy (non-hydrogen) atoms. The van der Waals surface area contributed by atoms with E-state index in [9.17, 15) is 4.79 Å². The van der Waals surface area contributed by atoms with Gasteiger partial charge in [0.05, 0.1) is 15.8 Å². The number of likely N-dealkylation sites (tertiary alicyclic amines) is 1. The van der Waals surface area contributed by atoms with E-state index in [4.69, 9.17) is 5.26 Å². The van der Waals surface area contributed by atoms with Crippen LogP contribution in [0.15, 0.2) is 15.9 Å². The second kappa shape index (κ2) is 5.65. The summed E-state index contributed by atoms with van der Waals surface area (Å²) in [5.41, 5.74) is 0. The van der Waals surface area contributed by atoms with E-state index in [2.05, 4.69) is 28.1 Å². The summed E-state index contributed by atoms with van der Waals surface area (Å²) in [6.45, 7) is 1.33. The lowest BCUT2D eigenvalue weighted by atomic mass is 9.99. The van der Waals surface area contributed by atoms with Gasteiger partial charge in [-0.15, -0.1) is 11.3 Å². The molecule has 0 bridgehead atoms. The van der Waals surface area contributed by atoms with Crippen LogP contribution in [0.25, 0.3) is 0 Å². The fourth-order valence-corrected chi connectivity index (χ4v) is 3.44. The second-order valence-electron chi connectivity index (χ2n) is 4.16. The molecule has 1 aromatic heterocycles. The fraction of sp³-hybridized carbons (Fsp3) is 0.500. The van der Waals surface area contributed by atoms with Gasteiger partial charge in [-0.25, -0.2) is 0 Å². The summed E-state index contributed by atoms with van der Waals surface area (Å²) < 4.78 is 1.12. The Balaban J connectivity index is 1.89. The molecule has 5 heteroatoms. The van der Waals surface area contributed by atoms with Gasteiger partial charge in [0.1, 0.15) is 0 Å². The molecule has 0 saturated carbocycles. The summed E-state index contributed by atoms with van der Waals surface area (Å²) in [6.07, 6.45) is 2.11. The van der Waals surface area contributed by atoms with E-state index < -0.39 is 0 Å². The first-order valence-electron chi connectivity index (χ1n) is 5.60. The number of hydrogen-bond acceptors (Lipinski definition) is 3. The molecule has 1 aliphatic rings. The Morgan fingerprint density at radius 2 is 2.41 bits per heavy atom. The van der Waals surface area contributed by atoms with Gasteiger partial charge < -0.3 is 4.90 Å². The largest absolute Gasteiger partial charge is 0.341 e. The molecular formula is C12H13BrN2OS. The molecule has 1 unspecified atom stereocenters. The molecule has 2 rings (SSSR count). The molecular weight excluding hydrogens is 300 g/mol. The number of piperidine rings is 1. The highest BCUT2D eigenvalue weighted by molar-refractivity contribution is 9.11. The Morgan fingerprint density at radius 1 is 1.59 bits per heavy atom. The molecule has 1 saturated heterocycles. The van der Waals surface area contributed by atoms with Gasteiger partial charge >= 0.3 is 0 Å². The fourth-order valence-electron chi connectivity index (χ4n) is 1.97. The van der Waals surface area contributed by atoms with Crippen molar-refractivity contribution in [2.24, 2.45) is 5.92 Å². The van der Waals surface area contributed by atoms with Crippen LogP contribution in [0.3, 0.4) is 0 Å². The molecule has 1 aromatic rings. The minimum atomic E-state index is 0.0165. The van der Waals surface area contributed by atoms with Gasteiger partial charge in [0.25, 0.3) is 0 Å². The number of hydrogen-bond donors (Lipinski definition) is 0. The van der Waals surface area contributed by atoms with Crippen LogP contribution < -0.4 is 0 Å². The molecule has 1 amide bonds. The third kappa shape index (κ3) is 3.30. The van der Waals surface area contributed by atoms with Crippen molar-refractivity contribution in [2.75, 3.05) is 13.1 Å². The first-order chi connectivity index (χ1) is 8.19. The smallest absolute Gasteiger partial charge is 0.222 e. The van der Waals surface area contributed by atoms with E-state index in [1.54, 1.807) is 11.3 Å². The first kappa shape index (κ1) is 12.6. The van der Waals surface area contributed by atoms with Crippen molar-refractivity contribution in [1.29, 1.82) is 5.26 Å². The van der Waals surface area contributed by atoms with Crippen molar-refractivity contribution < 1.29 is 4.79 Å². The molecule has 0 radical (unpaired) electrons. The topological polar surface area (TPSA) is 44.1 Å². The summed E-state index contributed by atoms with van der Waals surface area (Å²) in [5.74, 6) is 0.204. The zero-order valence-corrected chi connectivity index (χ0v) is 11.8. The number of carbonyl (C=O) groups is 1. The van der Waals surface area contributed by atoms with Crippen molar-refractivity contribution in [1.82, 2.24) is 4.90 Å². The van der Waals surface area contributed by atoms with Crippen LogP contribution in [0.4, 0.5) is 0 Å². The standard InChI is InChI=1S/C12H13BrN2OS/c13-11-3-2-10(17-11)5-6-15-8-9(7-14)1-4-12(15)16/h2-3,9H,1,4-6,8H2. The number of amides is 1.